The smallest absolute Gasteiger partial charge is 0.286 e. The molecule has 1 aliphatic heterocycles. The van der Waals surface area contributed by atoms with Crippen molar-refractivity contribution in [3.8, 4) is 5.75 Å². The van der Waals surface area contributed by atoms with E-state index in [0.717, 1.165) is 34.3 Å². The standard InChI is InChI=1S/C19H20N2O4S/c1-12(22)14-4-5-15(20-11-14)8-9-25-16-6-2-13(3-7-16)10-17-18(23)21-19(24)26-17/h2-7,11-12,17,22H,8-10H2,1H3,(H,21,23,24)/t12-,17+/m0/s1. The highest BCUT2D eigenvalue weighted by atomic mass is 32.2. The Hall–Kier alpha value is -2.38. The molecule has 1 saturated heterocycles. The number of rotatable bonds is 7. The van der Waals surface area contributed by atoms with E-state index in [-0.39, 0.29) is 16.4 Å². The summed E-state index contributed by atoms with van der Waals surface area (Å²) in [5.41, 5.74) is 2.68. The molecule has 0 radical (unpaired) electrons. The van der Waals surface area contributed by atoms with Crippen LogP contribution in [-0.4, -0.2) is 33.1 Å². The molecule has 1 fully saturated rings. The van der Waals surface area contributed by atoms with E-state index in [1.807, 2.05) is 36.4 Å². The number of nitrogens with zero attached hydrogens (tertiary/aromatic N) is 1. The lowest BCUT2D eigenvalue weighted by Crippen LogP contribution is -2.25. The minimum absolute atomic E-state index is 0.227. The third-order valence-electron chi connectivity index (χ3n) is 4.07. The Kier molecular flexibility index (Phi) is 5.90. The number of hydrogen-bond donors (Lipinski definition) is 2. The van der Waals surface area contributed by atoms with Crippen molar-refractivity contribution in [3.63, 3.8) is 0 Å². The molecule has 2 aromatic rings. The Bertz CT molecular complexity index is 775. The van der Waals surface area contributed by atoms with Gasteiger partial charge in [0.1, 0.15) is 5.75 Å². The highest BCUT2D eigenvalue weighted by Crippen LogP contribution is 2.24. The molecule has 3 rings (SSSR count). The molecule has 0 spiro atoms. The van der Waals surface area contributed by atoms with Crippen molar-refractivity contribution in [1.29, 1.82) is 0 Å². The topological polar surface area (TPSA) is 88.5 Å². The molecule has 0 bridgehead atoms. The molecule has 2 heterocycles. The van der Waals surface area contributed by atoms with Crippen LogP contribution in [0.1, 0.15) is 29.8 Å². The maximum Gasteiger partial charge on any atom is 0.286 e. The Morgan fingerprint density at radius 1 is 1.23 bits per heavy atom. The second-order valence-electron chi connectivity index (χ2n) is 6.09. The van der Waals surface area contributed by atoms with Crippen molar-refractivity contribution >= 4 is 22.9 Å². The van der Waals surface area contributed by atoms with Crippen LogP contribution >= 0.6 is 11.8 Å². The van der Waals surface area contributed by atoms with Crippen LogP contribution in [0.25, 0.3) is 0 Å². The molecule has 7 heteroatoms. The molecule has 1 aromatic carbocycles. The van der Waals surface area contributed by atoms with Gasteiger partial charge in [-0.05, 0) is 42.7 Å². The van der Waals surface area contributed by atoms with E-state index >= 15 is 0 Å². The quantitative estimate of drug-likeness (QED) is 0.777. The summed E-state index contributed by atoms with van der Waals surface area (Å²) in [6, 6.07) is 11.3. The molecule has 2 amide bonds. The largest absolute Gasteiger partial charge is 0.493 e. The molecule has 0 aliphatic carbocycles. The number of nitrogens with one attached hydrogen (secondary N) is 1. The third kappa shape index (κ3) is 4.83. The van der Waals surface area contributed by atoms with Crippen LogP contribution in [0.2, 0.25) is 0 Å². The maximum absolute atomic E-state index is 11.6. The normalized spacial score (nSPS) is 17.8. The highest BCUT2D eigenvalue weighted by molar-refractivity contribution is 8.15. The fourth-order valence-electron chi connectivity index (χ4n) is 2.57. The molecule has 0 saturated carbocycles. The summed E-state index contributed by atoms with van der Waals surface area (Å²) in [5.74, 6) is 0.517. The van der Waals surface area contributed by atoms with Gasteiger partial charge in [-0.2, -0.15) is 0 Å². The van der Waals surface area contributed by atoms with E-state index in [1.54, 1.807) is 13.1 Å². The zero-order valence-electron chi connectivity index (χ0n) is 14.3. The number of aromatic nitrogens is 1. The van der Waals surface area contributed by atoms with Crippen LogP contribution in [0, 0.1) is 0 Å². The zero-order valence-corrected chi connectivity index (χ0v) is 15.2. The molecule has 1 aromatic heterocycles. The van der Waals surface area contributed by atoms with Gasteiger partial charge in [0, 0.05) is 18.3 Å². The summed E-state index contributed by atoms with van der Waals surface area (Å²) < 4.78 is 5.72. The first-order valence-electron chi connectivity index (χ1n) is 8.37. The third-order valence-corrected chi connectivity index (χ3v) is 5.05. The van der Waals surface area contributed by atoms with Gasteiger partial charge in [-0.15, -0.1) is 0 Å². The van der Waals surface area contributed by atoms with E-state index < -0.39 is 6.10 Å². The van der Waals surface area contributed by atoms with Crippen molar-refractivity contribution in [2.24, 2.45) is 0 Å². The molecule has 2 N–H and O–H groups in total. The average Bonchev–Trinajstić information content (AvgIpc) is 2.94. The minimum atomic E-state index is -0.516. The molecule has 136 valence electrons. The molecule has 1 aliphatic rings. The van der Waals surface area contributed by atoms with Gasteiger partial charge in [-0.25, -0.2) is 0 Å². The number of aliphatic hydroxyl groups is 1. The van der Waals surface area contributed by atoms with Crippen LogP contribution in [0.15, 0.2) is 42.6 Å². The second-order valence-corrected chi connectivity index (χ2v) is 7.26. The first kappa shape index (κ1) is 18.4. The first-order chi connectivity index (χ1) is 12.5. The molecular weight excluding hydrogens is 352 g/mol. The average molecular weight is 372 g/mol. The van der Waals surface area contributed by atoms with Crippen molar-refractivity contribution in [3.05, 3.63) is 59.4 Å². The monoisotopic (exact) mass is 372 g/mol. The van der Waals surface area contributed by atoms with Crippen molar-refractivity contribution in [1.82, 2.24) is 10.3 Å². The Morgan fingerprint density at radius 2 is 2.00 bits per heavy atom. The number of amides is 2. The van der Waals surface area contributed by atoms with Gasteiger partial charge in [0.15, 0.2) is 0 Å². The first-order valence-corrected chi connectivity index (χ1v) is 9.25. The number of hydrogen-bond acceptors (Lipinski definition) is 6. The van der Waals surface area contributed by atoms with Crippen LogP contribution in [0.5, 0.6) is 5.75 Å². The van der Waals surface area contributed by atoms with Crippen LogP contribution < -0.4 is 10.1 Å². The summed E-state index contributed by atoms with van der Waals surface area (Å²) >= 11 is 1.03. The molecule has 6 nitrogen and oxygen atoms in total. The van der Waals surface area contributed by atoms with E-state index in [1.165, 1.54) is 0 Å². The fourth-order valence-corrected chi connectivity index (χ4v) is 3.43. The van der Waals surface area contributed by atoms with Crippen molar-refractivity contribution in [2.75, 3.05) is 6.61 Å². The predicted molar refractivity (Wildman–Crippen MR) is 99.1 cm³/mol. The number of aliphatic hydroxyl groups excluding tert-OH is 1. The molecule has 0 unspecified atom stereocenters. The number of pyridine rings is 1. The number of carbonyl (C=O) groups is 2. The summed E-state index contributed by atoms with van der Waals surface area (Å²) in [6.07, 6.45) is 2.35. The number of carbonyl (C=O) groups excluding carboxylic acids is 2. The van der Waals surface area contributed by atoms with E-state index in [4.69, 9.17) is 4.74 Å². The number of ether oxygens (including phenoxy) is 1. The predicted octanol–water partition coefficient (Wildman–Crippen LogP) is 2.65. The van der Waals surface area contributed by atoms with Gasteiger partial charge in [0.05, 0.1) is 18.0 Å². The lowest BCUT2D eigenvalue weighted by Gasteiger charge is -2.09. The Labute approximate surface area is 156 Å². The van der Waals surface area contributed by atoms with Gasteiger partial charge >= 0.3 is 0 Å². The molecule has 2 atom stereocenters. The summed E-state index contributed by atoms with van der Waals surface area (Å²) in [6.45, 7) is 2.20. The summed E-state index contributed by atoms with van der Waals surface area (Å²) in [5, 5.41) is 11.1. The van der Waals surface area contributed by atoms with Gasteiger partial charge in [-0.3, -0.25) is 19.9 Å². The maximum atomic E-state index is 11.6. The lowest BCUT2D eigenvalue weighted by atomic mass is 10.1. The Morgan fingerprint density at radius 3 is 2.58 bits per heavy atom. The van der Waals surface area contributed by atoms with E-state index in [0.29, 0.717) is 19.4 Å². The second kappa shape index (κ2) is 8.33. The van der Waals surface area contributed by atoms with Crippen molar-refractivity contribution < 1.29 is 19.4 Å². The highest BCUT2D eigenvalue weighted by Gasteiger charge is 2.31. The number of imide groups is 1. The zero-order chi connectivity index (χ0) is 18.5. The van der Waals surface area contributed by atoms with E-state index in [9.17, 15) is 14.7 Å². The van der Waals surface area contributed by atoms with Gasteiger partial charge in [-0.1, -0.05) is 30.0 Å². The minimum Gasteiger partial charge on any atom is -0.493 e. The van der Waals surface area contributed by atoms with E-state index in [2.05, 4.69) is 10.3 Å². The SMILES string of the molecule is C[C@H](O)c1ccc(CCOc2ccc(C[C@H]3SC(=O)NC3=O)cc2)nc1. The Balaban J connectivity index is 1.47. The molecule has 26 heavy (non-hydrogen) atoms. The van der Waals surface area contributed by atoms with Gasteiger partial charge < -0.3 is 9.84 Å². The van der Waals surface area contributed by atoms with Gasteiger partial charge in [0.25, 0.3) is 5.24 Å². The number of thioether (sulfide) groups is 1. The fraction of sp³-hybridized carbons (Fsp3) is 0.316. The molecular formula is C19H20N2O4S. The van der Waals surface area contributed by atoms with Crippen molar-refractivity contribution in [2.45, 2.75) is 31.1 Å². The summed E-state index contributed by atoms with van der Waals surface area (Å²) in [7, 11) is 0. The van der Waals surface area contributed by atoms with Crippen LogP contribution in [-0.2, 0) is 17.6 Å². The van der Waals surface area contributed by atoms with Gasteiger partial charge in [0.2, 0.25) is 5.91 Å². The lowest BCUT2D eigenvalue weighted by molar-refractivity contribution is -0.118. The van der Waals surface area contributed by atoms with Crippen LogP contribution in [0.4, 0.5) is 4.79 Å². The number of benzene rings is 1. The van der Waals surface area contributed by atoms with Crippen LogP contribution in [0.3, 0.4) is 0 Å². The summed E-state index contributed by atoms with van der Waals surface area (Å²) in [4.78, 5) is 27.1.